The maximum absolute atomic E-state index is 13.5. The summed E-state index contributed by atoms with van der Waals surface area (Å²) in [4.78, 5) is 24.8. The topological polar surface area (TPSA) is 65.3 Å². The standard InChI is InChI=1S/C19H18FN3O3/c1-13-18(19(25)23(22(13)2)14-8-4-3-5-9-14)21-17(24)12-26-16-11-7-6-10-15(16)20/h3-11H,12H2,1-2H3,(H,21,24). The van der Waals surface area contributed by atoms with E-state index in [0.29, 0.717) is 11.4 Å². The van der Waals surface area contributed by atoms with Crippen LogP contribution in [0.25, 0.3) is 5.69 Å². The summed E-state index contributed by atoms with van der Waals surface area (Å²) >= 11 is 0. The first kappa shape index (κ1) is 17.5. The monoisotopic (exact) mass is 355 g/mol. The van der Waals surface area contributed by atoms with Crippen LogP contribution in [-0.4, -0.2) is 21.9 Å². The number of carbonyl (C=O) groups is 1. The zero-order valence-corrected chi connectivity index (χ0v) is 14.4. The van der Waals surface area contributed by atoms with Crippen molar-refractivity contribution in [1.82, 2.24) is 9.36 Å². The molecule has 1 aromatic heterocycles. The molecule has 3 rings (SSSR count). The molecule has 0 unspecified atom stereocenters. The molecule has 0 aliphatic rings. The van der Waals surface area contributed by atoms with Gasteiger partial charge in [0.15, 0.2) is 18.2 Å². The molecule has 2 aromatic carbocycles. The fourth-order valence-corrected chi connectivity index (χ4v) is 2.59. The number of nitrogens with zero attached hydrogens (tertiary/aromatic N) is 2. The Hall–Kier alpha value is -3.35. The van der Waals surface area contributed by atoms with Crippen molar-refractivity contribution in [1.29, 1.82) is 0 Å². The molecule has 26 heavy (non-hydrogen) atoms. The Bertz CT molecular complexity index is 993. The van der Waals surface area contributed by atoms with Crippen LogP contribution in [0, 0.1) is 12.7 Å². The van der Waals surface area contributed by atoms with Crippen molar-refractivity contribution in [3.8, 4) is 11.4 Å². The Labute approximate surface area is 149 Å². The zero-order valence-electron chi connectivity index (χ0n) is 14.4. The lowest BCUT2D eigenvalue weighted by atomic mass is 10.3. The lowest BCUT2D eigenvalue weighted by molar-refractivity contribution is -0.118. The number of rotatable bonds is 5. The fourth-order valence-electron chi connectivity index (χ4n) is 2.59. The van der Waals surface area contributed by atoms with Gasteiger partial charge in [-0.05, 0) is 31.2 Å². The summed E-state index contributed by atoms with van der Waals surface area (Å²) in [7, 11) is 1.73. The normalized spacial score (nSPS) is 10.6. The van der Waals surface area contributed by atoms with Gasteiger partial charge in [0.2, 0.25) is 0 Å². The second-order valence-corrected chi connectivity index (χ2v) is 5.70. The third-order valence-electron chi connectivity index (χ3n) is 4.01. The second kappa shape index (κ2) is 7.26. The van der Waals surface area contributed by atoms with Crippen molar-refractivity contribution in [2.24, 2.45) is 7.05 Å². The molecule has 0 radical (unpaired) electrons. The first-order valence-electron chi connectivity index (χ1n) is 8.00. The Balaban J connectivity index is 1.79. The summed E-state index contributed by atoms with van der Waals surface area (Å²) < 4.78 is 21.8. The van der Waals surface area contributed by atoms with E-state index in [9.17, 15) is 14.0 Å². The molecule has 0 spiro atoms. The van der Waals surface area contributed by atoms with Crippen molar-refractivity contribution in [3.05, 3.63) is 76.5 Å². The molecule has 0 bridgehead atoms. The first-order valence-corrected chi connectivity index (χ1v) is 8.00. The lowest BCUT2D eigenvalue weighted by Crippen LogP contribution is -2.25. The largest absolute Gasteiger partial charge is 0.481 e. The Morgan fingerprint density at radius 2 is 1.77 bits per heavy atom. The molecule has 0 fully saturated rings. The van der Waals surface area contributed by atoms with Gasteiger partial charge in [0.1, 0.15) is 5.69 Å². The van der Waals surface area contributed by atoms with E-state index in [1.165, 1.54) is 22.9 Å². The summed E-state index contributed by atoms with van der Waals surface area (Å²) in [6.07, 6.45) is 0. The minimum atomic E-state index is -0.553. The number of nitrogens with one attached hydrogen (secondary N) is 1. The summed E-state index contributed by atoms with van der Waals surface area (Å²) in [5, 5.41) is 2.56. The molecule has 1 heterocycles. The lowest BCUT2D eigenvalue weighted by Gasteiger charge is -2.07. The maximum atomic E-state index is 13.5. The summed E-state index contributed by atoms with van der Waals surface area (Å²) in [6.45, 7) is 1.33. The highest BCUT2D eigenvalue weighted by Gasteiger charge is 2.18. The molecular formula is C19H18FN3O3. The van der Waals surface area contributed by atoms with Crippen LogP contribution in [0.3, 0.4) is 0 Å². The number of para-hydroxylation sites is 2. The summed E-state index contributed by atoms with van der Waals surface area (Å²) in [5.74, 6) is -1.11. The van der Waals surface area contributed by atoms with Gasteiger partial charge in [0.25, 0.3) is 11.5 Å². The zero-order chi connectivity index (χ0) is 18.7. The van der Waals surface area contributed by atoms with Crippen molar-refractivity contribution >= 4 is 11.6 Å². The van der Waals surface area contributed by atoms with Crippen molar-refractivity contribution in [3.63, 3.8) is 0 Å². The Morgan fingerprint density at radius 3 is 2.46 bits per heavy atom. The molecule has 1 N–H and O–H groups in total. The molecule has 6 nitrogen and oxygen atoms in total. The smallest absolute Gasteiger partial charge is 0.295 e. The van der Waals surface area contributed by atoms with E-state index in [1.807, 2.05) is 18.2 Å². The number of amides is 1. The van der Waals surface area contributed by atoms with Gasteiger partial charge in [-0.1, -0.05) is 30.3 Å². The predicted molar refractivity (Wildman–Crippen MR) is 96.3 cm³/mol. The third kappa shape index (κ3) is 3.37. The van der Waals surface area contributed by atoms with Crippen LogP contribution in [0.2, 0.25) is 0 Å². The quantitative estimate of drug-likeness (QED) is 0.765. The molecule has 134 valence electrons. The van der Waals surface area contributed by atoms with Crippen LogP contribution in [-0.2, 0) is 11.8 Å². The van der Waals surface area contributed by atoms with Gasteiger partial charge < -0.3 is 10.1 Å². The molecular weight excluding hydrogens is 337 g/mol. The van der Waals surface area contributed by atoms with E-state index >= 15 is 0 Å². The second-order valence-electron chi connectivity index (χ2n) is 5.70. The number of hydrogen-bond acceptors (Lipinski definition) is 3. The van der Waals surface area contributed by atoms with E-state index in [2.05, 4.69) is 5.32 Å². The van der Waals surface area contributed by atoms with E-state index in [1.54, 1.807) is 36.9 Å². The Kier molecular flexibility index (Phi) is 4.88. The van der Waals surface area contributed by atoms with Crippen LogP contribution in [0.5, 0.6) is 5.75 Å². The van der Waals surface area contributed by atoms with Gasteiger partial charge in [0.05, 0.1) is 11.4 Å². The molecule has 0 aliphatic heterocycles. The SMILES string of the molecule is Cc1c(NC(=O)COc2ccccc2F)c(=O)n(-c2ccccc2)n1C. The third-order valence-corrected chi connectivity index (χ3v) is 4.01. The van der Waals surface area contributed by atoms with Crippen molar-refractivity contribution in [2.75, 3.05) is 11.9 Å². The van der Waals surface area contributed by atoms with Gasteiger partial charge in [-0.15, -0.1) is 0 Å². The molecule has 7 heteroatoms. The van der Waals surface area contributed by atoms with Crippen LogP contribution in [0.15, 0.2) is 59.4 Å². The summed E-state index contributed by atoms with van der Waals surface area (Å²) in [6, 6.07) is 14.9. The molecule has 3 aromatic rings. The number of benzene rings is 2. The Morgan fingerprint density at radius 1 is 1.12 bits per heavy atom. The van der Waals surface area contributed by atoms with Gasteiger partial charge >= 0.3 is 0 Å². The average molecular weight is 355 g/mol. The number of carbonyl (C=O) groups excluding carboxylic acids is 1. The highest BCUT2D eigenvalue weighted by molar-refractivity contribution is 5.92. The first-order chi connectivity index (χ1) is 12.5. The molecule has 0 atom stereocenters. The molecule has 0 saturated heterocycles. The number of aromatic nitrogens is 2. The van der Waals surface area contributed by atoms with Crippen LogP contribution in [0.1, 0.15) is 5.69 Å². The average Bonchev–Trinajstić information content (AvgIpc) is 2.85. The number of halogens is 1. The number of anilines is 1. The molecule has 0 aliphatic carbocycles. The van der Waals surface area contributed by atoms with E-state index in [-0.39, 0.29) is 17.0 Å². The van der Waals surface area contributed by atoms with Gasteiger partial charge in [-0.25, -0.2) is 9.07 Å². The molecule has 0 saturated carbocycles. The highest BCUT2D eigenvalue weighted by Crippen LogP contribution is 2.16. The number of ether oxygens (including phenoxy) is 1. The maximum Gasteiger partial charge on any atom is 0.295 e. The highest BCUT2D eigenvalue weighted by atomic mass is 19.1. The van der Waals surface area contributed by atoms with Gasteiger partial charge in [-0.3, -0.25) is 14.3 Å². The van der Waals surface area contributed by atoms with Crippen molar-refractivity contribution < 1.29 is 13.9 Å². The van der Waals surface area contributed by atoms with E-state index < -0.39 is 18.3 Å². The van der Waals surface area contributed by atoms with Crippen LogP contribution < -0.4 is 15.6 Å². The minimum Gasteiger partial charge on any atom is -0.481 e. The predicted octanol–water partition coefficient (Wildman–Crippen LogP) is 2.64. The minimum absolute atomic E-state index is 0.0193. The molecule has 1 amide bonds. The van der Waals surface area contributed by atoms with Crippen molar-refractivity contribution in [2.45, 2.75) is 6.92 Å². The van der Waals surface area contributed by atoms with E-state index in [4.69, 9.17) is 4.74 Å². The van der Waals surface area contributed by atoms with Crippen LogP contribution in [0.4, 0.5) is 10.1 Å². The van der Waals surface area contributed by atoms with Gasteiger partial charge in [-0.2, -0.15) is 0 Å². The summed E-state index contributed by atoms with van der Waals surface area (Å²) in [5.41, 5.74) is 1.10. The van der Waals surface area contributed by atoms with Crippen LogP contribution >= 0.6 is 0 Å². The van der Waals surface area contributed by atoms with Gasteiger partial charge in [0, 0.05) is 7.05 Å². The number of hydrogen-bond donors (Lipinski definition) is 1. The fraction of sp³-hybridized carbons (Fsp3) is 0.158. The van der Waals surface area contributed by atoms with E-state index in [0.717, 1.165) is 0 Å².